The smallest absolute Gasteiger partial charge is 0.142 e. The van der Waals surface area contributed by atoms with Crippen molar-refractivity contribution < 1.29 is 4.79 Å². The molecule has 0 bridgehead atoms. The lowest BCUT2D eigenvalue weighted by atomic mass is 9.86. The van der Waals surface area contributed by atoms with Crippen molar-refractivity contribution in [2.45, 2.75) is 33.6 Å². The van der Waals surface area contributed by atoms with Gasteiger partial charge in [-0.25, -0.2) is 0 Å². The molecule has 0 aliphatic heterocycles. The molecule has 1 aromatic heterocycles. The van der Waals surface area contributed by atoms with E-state index >= 15 is 0 Å². The molecule has 3 aromatic rings. The number of hydrogen-bond acceptors (Lipinski definition) is 2. The lowest BCUT2D eigenvalue weighted by Gasteiger charge is -2.20. The SMILES string of the molecule is CCC(=C(/Cl)c1ccccc1C)/C(=C(\CC)c1cc(Cl)sc1Cl)c1ccc(/C=C/C=O)cc1. The molecule has 0 amide bonds. The summed E-state index contributed by atoms with van der Waals surface area (Å²) in [6.45, 7) is 6.30. The number of hydrogen-bond donors (Lipinski definition) is 0. The summed E-state index contributed by atoms with van der Waals surface area (Å²) in [5.74, 6) is 0. The van der Waals surface area contributed by atoms with Crippen molar-refractivity contribution in [3.63, 3.8) is 0 Å². The third kappa shape index (κ3) is 5.88. The first-order valence-corrected chi connectivity index (χ1v) is 12.7. The van der Waals surface area contributed by atoms with Crippen molar-refractivity contribution in [3.8, 4) is 0 Å². The molecule has 3 rings (SSSR count). The van der Waals surface area contributed by atoms with Gasteiger partial charge >= 0.3 is 0 Å². The van der Waals surface area contributed by atoms with Crippen LogP contribution < -0.4 is 0 Å². The average Bonchev–Trinajstić information content (AvgIpc) is 3.15. The van der Waals surface area contributed by atoms with Crippen LogP contribution in [0.1, 0.15) is 54.5 Å². The fourth-order valence-electron chi connectivity index (χ4n) is 3.91. The van der Waals surface area contributed by atoms with Gasteiger partial charge in [0.05, 0.1) is 9.37 Å². The van der Waals surface area contributed by atoms with E-state index in [1.165, 1.54) is 17.4 Å². The normalized spacial score (nSPS) is 13.2. The van der Waals surface area contributed by atoms with Crippen molar-refractivity contribution in [2.24, 2.45) is 0 Å². The van der Waals surface area contributed by atoms with Gasteiger partial charge in [-0.2, -0.15) is 0 Å². The Morgan fingerprint density at radius 2 is 1.67 bits per heavy atom. The van der Waals surface area contributed by atoms with Crippen molar-refractivity contribution >= 4 is 74.7 Å². The second-order valence-corrected chi connectivity index (χ2v) is 10.2. The van der Waals surface area contributed by atoms with E-state index in [4.69, 9.17) is 34.8 Å². The summed E-state index contributed by atoms with van der Waals surface area (Å²) in [4.78, 5) is 10.7. The highest BCUT2D eigenvalue weighted by molar-refractivity contribution is 7.20. The number of benzene rings is 2. The Bertz CT molecular complexity index is 1230. The molecule has 1 heterocycles. The molecule has 0 aliphatic rings. The van der Waals surface area contributed by atoms with E-state index in [2.05, 4.69) is 45.0 Å². The molecule has 0 N–H and O–H groups in total. The summed E-state index contributed by atoms with van der Waals surface area (Å²) >= 11 is 21.4. The maximum atomic E-state index is 10.7. The predicted molar refractivity (Wildman–Crippen MR) is 147 cm³/mol. The van der Waals surface area contributed by atoms with E-state index in [1.54, 1.807) is 6.08 Å². The van der Waals surface area contributed by atoms with E-state index in [0.29, 0.717) is 8.67 Å². The van der Waals surface area contributed by atoms with Gasteiger partial charge in [0.15, 0.2) is 0 Å². The quantitative estimate of drug-likeness (QED) is 0.166. The molecular weight excluding hydrogens is 491 g/mol. The first-order chi connectivity index (χ1) is 15.9. The summed E-state index contributed by atoms with van der Waals surface area (Å²) < 4.78 is 1.32. The maximum absolute atomic E-state index is 10.7. The van der Waals surface area contributed by atoms with Crippen molar-refractivity contribution in [1.29, 1.82) is 0 Å². The first-order valence-electron chi connectivity index (χ1n) is 10.8. The monoisotopic (exact) mass is 514 g/mol. The van der Waals surface area contributed by atoms with Crippen molar-refractivity contribution in [1.82, 2.24) is 0 Å². The Morgan fingerprint density at radius 3 is 2.21 bits per heavy atom. The van der Waals surface area contributed by atoms with Crippen LogP contribution in [-0.4, -0.2) is 6.29 Å². The van der Waals surface area contributed by atoms with Gasteiger partial charge in [-0.3, -0.25) is 4.79 Å². The molecular formula is C28H25Cl3OS. The topological polar surface area (TPSA) is 17.1 Å². The molecule has 0 unspecified atom stereocenters. The van der Waals surface area contributed by atoms with Crippen LogP contribution in [0, 0.1) is 6.92 Å². The number of halogens is 3. The zero-order chi connectivity index (χ0) is 24.0. The minimum absolute atomic E-state index is 0.654. The summed E-state index contributed by atoms with van der Waals surface area (Å²) in [5, 5.41) is 0.735. The van der Waals surface area contributed by atoms with Crippen molar-refractivity contribution in [2.75, 3.05) is 0 Å². The van der Waals surface area contributed by atoms with E-state index < -0.39 is 0 Å². The molecule has 0 saturated heterocycles. The molecule has 170 valence electrons. The largest absolute Gasteiger partial charge is 0.299 e. The molecule has 5 heteroatoms. The van der Waals surface area contributed by atoms with Crippen LogP contribution in [0.15, 0.2) is 66.2 Å². The zero-order valence-electron chi connectivity index (χ0n) is 18.8. The third-order valence-corrected chi connectivity index (χ3v) is 7.42. The molecule has 1 nitrogen and oxygen atoms in total. The highest BCUT2D eigenvalue weighted by atomic mass is 35.5. The summed E-state index contributed by atoms with van der Waals surface area (Å²) in [6.07, 6.45) is 5.55. The first kappa shape index (κ1) is 25.5. The number of carbonyl (C=O) groups excluding carboxylic acids is 1. The van der Waals surface area contributed by atoms with E-state index in [0.717, 1.165) is 68.7 Å². The van der Waals surface area contributed by atoms with Crippen LogP contribution in [0.3, 0.4) is 0 Å². The molecule has 0 saturated carbocycles. The number of carbonyl (C=O) groups is 1. The van der Waals surface area contributed by atoms with E-state index in [9.17, 15) is 4.79 Å². The Hall–Kier alpha value is -2.10. The number of thiophene rings is 1. The van der Waals surface area contributed by atoms with Gasteiger partial charge in [0.25, 0.3) is 0 Å². The van der Waals surface area contributed by atoms with Crippen LogP contribution in [-0.2, 0) is 4.79 Å². The Labute approximate surface area is 215 Å². The minimum Gasteiger partial charge on any atom is -0.299 e. The third-order valence-electron chi connectivity index (χ3n) is 5.51. The number of rotatable bonds is 8. The standard InChI is InChI=1S/C28H25Cl3OS/c1-4-21(24-17-25(29)33-28(24)31)26(20-14-12-19(13-15-20)10-8-16-32)22(5-2)27(30)23-11-7-6-9-18(23)3/h6-17H,4-5H2,1-3H3/b10-8+,26-21+,27-22-. The highest BCUT2D eigenvalue weighted by Gasteiger charge is 2.21. The summed E-state index contributed by atoms with van der Waals surface area (Å²) in [7, 11) is 0. The van der Waals surface area contributed by atoms with Gasteiger partial charge in [0.2, 0.25) is 0 Å². The van der Waals surface area contributed by atoms with Gasteiger partial charge in [-0.15, -0.1) is 11.3 Å². The molecule has 0 atom stereocenters. The molecule has 2 aromatic carbocycles. The van der Waals surface area contributed by atoms with Gasteiger partial charge < -0.3 is 0 Å². The Kier molecular flexibility index (Phi) is 9.17. The van der Waals surface area contributed by atoms with Gasteiger partial charge in [-0.05, 0) is 70.9 Å². The van der Waals surface area contributed by atoms with Gasteiger partial charge in [0.1, 0.15) is 10.6 Å². The fourth-order valence-corrected chi connectivity index (χ4v) is 5.87. The fraction of sp³-hybridized carbons (Fsp3) is 0.179. The highest BCUT2D eigenvalue weighted by Crippen LogP contribution is 2.45. The second kappa shape index (κ2) is 11.9. The lowest BCUT2D eigenvalue weighted by Crippen LogP contribution is -1.99. The van der Waals surface area contributed by atoms with Crippen molar-refractivity contribution in [3.05, 3.63) is 103 Å². The minimum atomic E-state index is 0.654. The number of allylic oxidation sites excluding steroid dienone is 4. The second-order valence-electron chi connectivity index (χ2n) is 7.52. The molecule has 0 aliphatic carbocycles. The molecule has 0 spiro atoms. The lowest BCUT2D eigenvalue weighted by molar-refractivity contribution is -0.104. The molecule has 33 heavy (non-hydrogen) atoms. The van der Waals surface area contributed by atoms with E-state index in [1.807, 2.05) is 30.3 Å². The summed E-state index contributed by atoms with van der Waals surface area (Å²) in [6, 6.07) is 18.2. The Balaban J connectivity index is 2.34. The van der Waals surface area contributed by atoms with Crippen LogP contribution in [0.4, 0.5) is 0 Å². The number of aldehydes is 1. The van der Waals surface area contributed by atoms with Crippen LogP contribution in [0.25, 0.3) is 22.3 Å². The average molecular weight is 516 g/mol. The molecule has 0 radical (unpaired) electrons. The van der Waals surface area contributed by atoms with Crippen LogP contribution in [0.5, 0.6) is 0 Å². The van der Waals surface area contributed by atoms with Crippen LogP contribution >= 0.6 is 46.1 Å². The number of aryl methyl sites for hydroxylation is 1. The zero-order valence-corrected chi connectivity index (χ0v) is 21.9. The molecule has 0 fully saturated rings. The predicted octanol–water partition coefficient (Wildman–Crippen LogP) is 9.96. The van der Waals surface area contributed by atoms with Gasteiger partial charge in [0, 0.05) is 5.56 Å². The summed E-state index contributed by atoms with van der Waals surface area (Å²) in [5.41, 5.74) is 8.29. The van der Waals surface area contributed by atoms with Gasteiger partial charge in [-0.1, -0.05) is 103 Å². The van der Waals surface area contributed by atoms with E-state index in [-0.39, 0.29) is 0 Å². The van der Waals surface area contributed by atoms with Crippen LogP contribution in [0.2, 0.25) is 8.67 Å². The maximum Gasteiger partial charge on any atom is 0.142 e. The Morgan fingerprint density at radius 1 is 0.970 bits per heavy atom.